The second-order valence-electron chi connectivity index (χ2n) is 3.19. The average Bonchev–Trinajstić information content (AvgIpc) is 2.22. The molecule has 1 rings (SSSR count). The molecule has 0 amide bonds. The Labute approximate surface area is 101 Å². The molecule has 0 aromatic carbocycles. The molecule has 0 atom stereocenters. The number of rotatable bonds is 5. The van der Waals surface area contributed by atoms with Gasteiger partial charge in [0.2, 0.25) is 5.95 Å². The molecule has 0 aliphatic carbocycles. The van der Waals surface area contributed by atoms with Gasteiger partial charge in [-0.05, 0) is 18.7 Å². The van der Waals surface area contributed by atoms with Gasteiger partial charge in [-0.15, -0.1) is 0 Å². The Balaban J connectivity index is 2.44. The molecule has 1 heterocycles. The van der Waals surface area contributed by atoms with E-state index < -0.39 is 5.51 Å². The van der Waals surface area contributed by atoms with E-state index in [1.165, 1.54) is 0 Å². The minimum atomic E-state index is -4.18. The predicted molar refractivity (Wildman–Crippen MR) is 63.3 cm³/mol. The highest BCUT2D eigenvalue weighted by atomic mass is 32.2. The highest BCUT2D eigenvalue weighted by Gasteiger charge is 2.27. The fraction of sp³-hybridized carbons (Fsp3) is 0.556. The number of alkyl halides is 3. The summed E-state index contributed by atoms with van der Waals surface area (Å²) in [6.45, 7) is 1.99. The van der Waals surface area contributed by atoms with Crippen LogP contribution in [0.25, 0.3) is 0 Å². The first-order chi connectivity index (χ1) is 7.90. The highest BCUT2D eigenvalue weighted by molar-refractivity contribution is 8.00. The summed E-state index contributed by atoms with van der Waals surface area (Å²) < 4.78 is 35.6. The second-order valence-corrected chi connectivity index (χ2v) is 4.35. The summed E-state index contributed by atoms with van der Waals surface area (Å²) in [7, 11) is 1.68. The minimum absolute atomic E-state index is 0.0541. The maximum atomic E-state index is 11.9. The minimum Gasteiger partial charge on any atom is -0.369 e. The van der Waals surface area contributed by atoms with Crippen molar-refractivity contribution in [2.24, 2.45) is 0 Å². The number of hydrogen-bond acceptors (Lipinski definition) is 5. The molecule has 0 saturated heterocycles. The summed E-state index contributed by atoms with van der Waals surface area (Å²) >= 11 is -0.0546. The lowest BCUT2D eigenvalue weighted by Gasteiger charge is -2.09. The quantitative estimate of drug-likeness (QED) is 0.802. The van der Waals surface area contributed by atoms with Crippen LogP contribution in [0.5, 0.6) is 0 Å². The summed E-state index contributed by atoms with van der Waals surface area (Å²) in [5.74, 6) is 0.905. The number of anilines is 2. The van der Waals surface area contributed by atoms with Gasteiger partial charge in [0, 0.05) is 31.1 Å². The zero-order chi connectivity index (χ0) is 12.9. The predicted octanol–water partition coefficient (Wildman–Crippen LogP) is 2.49. The number of halogens is 3. The van der Waals surface area contributed by atoms with Crippen molar-refractivity contribution >= 4 is 23.5 Å². The maximum absolute atomic E-state index is 11.9. The molecular formula is C9H13F3N4S. The third kappa shape index (κ3) is 5.62. The van der Waals surface area contributed by atoms with Gasteiger partial charge in [0.1, 0.15) is 5.82 Å². The molecule has 0 fully saturated rings. The standard InChI is InChI=1S/C9H13F3N4S/c1-6-5-7(16-8(13-2)15-6)14-3-4-17-9(10,11)12/h5H,3-4H2,1-2H3,(H2,13,14,15,16). The number of nitrogens with zero attached hydrogens (tertiary/aromatic N) is 2. The molecule has 8 heteroatoms. The fourth-order valence-corrected chi connectivity index (χ4v) is 1.55. The van der Waals surface area contributed by atoms with Gasteiger partial charge in [0.15, 0.2) is 0 Å². The van der Waals surface area contributed by atoms with Crippen molar-refractivity contribution in [3.8, 4) is 0 Å². The van der Waals surface area contributed by atoms with Crippen molar-refractivity contribution in [2.75, 3.05) is 30.0 Å². The molecule has 1 aromatic heterocycles. The van der Waals surface area contributed by atoms with Crippen molar-refractivity contribution in [2.45, 2.75) is 12.4 Å². The Morgan fingerprint density at radius 2 is 2.06 bits per heavy atom. The maximum Gasteiger partial charge on any atom is 0.441 e. The van der Waals surface area contributed by atoms with Crippen molar-refractivity contribution in [1.82, 2.24) is 9.97 Å². The zero-order valence-corrected chi connectivity index (χ0v) is 10.2. The molecule has 0 aliphatic heterocycles. The Bertz CT molecular complexity index is 370. The Hall–Kier alpha value is -1.18. The van der Waals surface area contributed by atoms with Crippen LogP contribution in [0, 0.1) is 6.92 Å². The molecule has 2 N–H and O–H groups in total. The third-order valence-electron chi connectivity index (χ3n) is 1.75. The SMILES string of the molecule is CNc1nc(C)cc(NCCSC(F)(F)F)n1. The topological polar surface area (TPSA) is 49.8 Å². The van der Waals surface area contributed by atoms with Crippen LogP contribution in [0.3, 0.4) is 0 Å². The number of hydrogen-bond donors (Lipinski definition) is 2. The van der Waals surface area contributed by atoms with E-state index in [4.69, 9.17) is 0 Å². The second kappa shape index (κ2) is 5.95. The van der Waals surface area contributed by atoms with Crippen LogP contribution in [0.4, 0.5) is 24.9 Å². The average molecular weight is 266 g/mol. The summed E-state index contributed by atoms with van der Waals surface area (Å²) in [6.07, 6.45) is 0. The van der Waals surface area contributed by atoms with E-state index in [-0.39, 0.29) is 24.1 Å². The molecule has 1 aromatic rings. The van der Waals surface area contributed by atoms with Crippen LogP contribution in [0.2, 0.25) is 0 Å². The molecule has 0 bridgehead atoms. The molecule has 0 radical (unpaired) electrons. The molecular weight excluding hydrogens is 253 g/mol. The van der Waals surface area contributed by atoms with Crippen LogP contribution in [-0.4, -0.2) is 34.8 Å². The first kappa shape index (κ1) is 13.9. The van der Waals surface area contributed by atoms with Crippen LogP contribution in [0.15, 0.2) is 6.07 Å². The van der Waals surface area contributed by atoms with Crippen molar-refractivity contribution in [3.05, 3.63) is 11.8 Å². The summed E-state index contributed by atoms with van der Waals surface area (Å²) in [5.41, 5.74) is -3.44. The third-order valence-corrected chi connectivity index (χ3v) is 2.49. The molecule has 4 nitrogen and oxygen atoms in total. The molecule has 0 spiro atoms. The largest absolute Gasteiger partial charge is 0.441 e. The van der Waals surface area contributed by atoms with Gasteiger partial charge < -0.3 is 10.6 Å². The lowest BCUT2D eigenvalue weighted by molar-refractivity contribution is -0.0327. The summed E-state index contributed by atoms with van der Waals surface area (Å²) in [5, 5.41) is 5.60. The van der Waals surface area contributed by atoms with Gasteiger partial charge in [-0.2, -0.15) is 18.2 Å². The van der Waals surface area contributed by atoms with E-state index in [9.17, 15) is 13.2 Å². The van der Waals surface area contributed by atoms with Gasteiger partial charge in [-0.1, -0.05) is 0 Å². The molecule has 0 unspecified atom stereocenters. The first-order valence-electron chi connectivity index (χ1n) is 4.89. The van der Waals surface area contributed by atoms with Crippen LogP contribution < -0.4 is 10.6 Å². The van der Waals surface area contributed by atoms with E-state index in [0.29, 0.717) is 11.8 Å². The lowest BCUT2D eigenvalue weighted by Crippen LogP contribution is -2.11. The summed E-state index contributed by atoms with van der Waals surface area (Å²) in [6, 6.07) is 1.68. The summed E-state index contributed by atoms with van der Waals surface area (Å²) in [4.78, 5) is 8.13. The van der Waals surface area contributed by atoms with Gasteiger partial charge >= 0.3 is 5.51 Å². The van der Waals surface area contributed by atoms with Crippen LogP contribution in [0.1, 0.15) is 5.69 Å². The lowest BCUT2D eigenvalue weighted by atomic mass is 10.4. The Morgan fingerprint density at radius 3 is 2.65 bits per heavy atom. The van der Waals surface area contributed by atoms with E-state index in [2.05, 4.69) is 20.6 Å². The monoisotopic (exact) mass is 266 g/mol. The number of aryl methyl sites for hydroxylation is 1. The van der Waals surface area contributed by atoms with E-state index in [1.54, 1.807) is 20.0 Å². The van der Waals surface area contributed by atoms with Gasteiger partial charge in [-0.25, -0.2) is 4.98 Å². The van der Waals surface area contributed by atoms with Gasteiger partial charge in [0.05, 0.1) is 0 Å². The highest BCUT2D eigenvalue weighted by Crippen LogP contribution is 2.29. The normalized spacial score (nSPS) is 11.4. The molecule has 0 aliphatic rings. The van der Waals surface area contributed by atoms with Gasteiger partial charge in [-0.3, -0.25) is 0 Å². The first-order valence-corrected chi connectivity index (χ1v) is 5.87. The smallest absolute Gasteiger partial charge is 0.369 e. The molecule has 0 saturated carbocycles. The van der Waals surface area contributed by atoms with Crippen molar-refractivity contribution < 1.29 is 13.2 Å². The van der Waals surface area contributed by atoms with Crippen molar-refractivity contribution in [1.29, 1.82) is 0 Å². The van der Waals surface area contributed by atoms with Crippen LogP contribution >= 0.6 is 11.8 Å². The Kier molecular flexibility index (Phi) is 4.86. The number of nitrogens with one attached hydrogen (secondary N) is 2. The number of thioether (sulfide) groups is 1. The fourth-order valence-electron chi connectivity index (χ4n) is 1.12. The number of aromatic nitrogens is 2. The van der Waals surface area contributed by atoms with Gasteiger partial charge in [0.25, 0.3) is 0 Å². The Morgan fingerprint density at radius 1 is 1.35 bits per heavy atom. The van der Waals surface area contributed by atoms with Crippen molar-refractivity contribution in [3.63, 3.8) is 0 Å². The van der Waals surface area contributed by atoms with E-state index in [1.807, 2.05) is 0 Å². The zero-order valence-electron chi connectivity index (χ0n) is 9.43. The molecule has 96 valence electrons. The van der Waals surface area contributed by atoms with Crippen LogP contribution in [-0.2, 0) is 0 Å². The molecule has 17 heavy (non-hydrogen) atoms. The van der Waals surface area contributed by atoms with E-state index >= 15 is 0 Å². The van der Waals surface area contributed by atoms with E-state index in [0.717, 1.165) is 5.69 Å².